The molecule has 0 bridgehead atoms. The van der Waals surface area contributed by atoms with Crippen LogP contribution in [0.15, 0.2) is 24.7 Å². The lowest BCUT2D eigenvalue weighted by Gasteiger charge is -2.19. The van der Waals surface area contributed by atoms with Crippen LogP contribution in [0.5, 0.6) is 0 Å². The quantitative estimate of drug-likeness (QED) is 0.399. The van der Waals surface area contributed by atoms with Crippen LogP contribution >= 0.6 is 0 Å². The monoisotopic (exact) mass is 474 g/mol. The molecule has 2 aromatic heterocycles. The van der Waals surface area contributed by atoms with Gasteiger partial charge in [0, 0.05) is 37.9 Å². The summed E-state index contributed by atoms with van der Waals surface area (Å²) in [6.07, 6.45) is 2.09. The summed E-state index contributed by atoms with van der Waals surface area (Å²) >= 11 is 0. The number of aromatic nitrogens is 4. The van der Waals surface area contributed by atoms with Gasteiger partial charge in [-0.25, -0.2) is 24.5 Å². The van der Waals surface area contributed by atoms with Crippen molar-refractivity contribution in [2.75, 3.05) is 36.8 Å². The van der Waals surface area contributed by atoms with E-state index in [4.69, 9.17) is 9.47 Å². The lowest BCUT2D eigenvalue weighted by atomic mass is 10.2. The van der Waals surface area contributed by atoms with Crippen molar-refractivity contribution >= 4 is 24.0 Å². The summed E-state index contributed by atoms with van der Waals surface area (Å²) < 4.78 is 10.4. The SMILES string of the molecule is CC(C)(C)OC(=O)NCCNc1cc(-c2ncnc(NCCNC(=O)OC(C)(C)C)n2)ccn1. The van der Waals surface area contributed by atoms with Crippen molar-refractivity contribution in [3.8, 4) is 11.4 Å². The molecule has 0 aliphatic rings. The normalized spacial score (nSPS) is 11.4. The molecule has 2 rings (SSSR count). The summed E-state index contributed by atoms with van der Waals surface area (Å²) in [4.78, 5) is 40.4. The number of hydrogen-bond donors (Lipinski definition) is 4. The van der Waals surface area contributed by atoms with Gasteiger partial charge in [-0.3, -0.25) is 0 Å². The molecule has 34 heavy (non-hydrogen) atoms. The van der Waals surface area contributed by atoms with Gasteiger partial charge in [0.1, 0.15) is 23.3 Å². The van der Waals surface area contributed by atoms with E-state index in [9.17, 15) is 9.59 Å². The van der Waals surface area contributed by atoms with Gasteiger partial charge < -0.3 is 30.7 Å². The van der Waals surface area contributed by atoms with Gasteiger partial charge in [-0.15, -0.1) is 0 Å². The zero-order valence-electron chi connectivity index (χ0n) is 20.6. The van der Waals surface area contributed by atoms with Crippen LogP contribution in [-0.4, -0.2) is 69.5 Å². The standard InChI is InChI=1S/C22H34N8O4/c1-21(2,3)33-19(31)26-11-9-24-16-13-15(7-8-23-16)17-28-14-29-18(30-17)25-10-12-27-20(32)34-22(4,5)6/h7-8,13-14H,9-12H2,1-6H3,(H,23,24)(H,26,31)(H,27,32)(H,25,28,29,30). The number of alkyl carbamates (subject to hydrolysis) is 2. The molecule has 12 nitrogen and oxygen atoms in total. The Kier molecular flexibility index (Phi) is 9.34. The first-order valence-electron chi connectivity index (χ1n) is 11.0. The summed E-state index contributed by atoms with van der Waals surface area (Å²) in [6.45, 7) is 12.4. The third-order valence-corrected chi connectivity index (χ3v) is 3.77. The molecule has 0 saturated carbocycles. The molecule has 0 aromatic carbocycles. The summed E-state index contributed by atoms with van der Waals surface area (Å²) in [7, 11) is 0. The molecule has 0 radical (unpaired) electrons. The Bertz CT molecular complexity index is 879. The molecule has 0 fully saturated rings. The van der Waals surface area contributed by atoms with E-state index in [1.165, 1.54) is 6.33 Å². The molecule has 0 aliphatic heterocycles. The van der Waals surface area contributed by atoms with Gasteiger partial charge in [0.2, 0.25) is 5.95 Å². The minimum atomic E-state index is -0.548. The Morgan fingerprint density at radius 3 is 2.00 bits per heavy atom. The van der Waals surface area contributed by atoms with E-state index in [0.717, 1.165) is 5.56 Å². The molecule has 0 spiro atoms. The third kappa shape index (κ3) is 10.7. The number of amides is 2. The van der Waals surface area contributed by atoms with Crippen molar-refractivity contribution in [2.45, 2.75) is 52.7 Å². The highest BCUT2D eigenvalue weighted by molar-refractivity contribution is 5.68. The summed E-state index contributed by atoms with van der Waals surface area (Å²) in [5, 5.41) is 11.5. The van der Waals surface area contributed by atoms with Crippen molar-refractivity contribution in [3.63, 3.8) is 0 Å². The van der Waals surface area contributed by atoms with Crippen LogP contribution in [0.1, 0.15) is 41.5 Å². The molecule has 12 heteroatoms. The van der Waals surface area contributed by atoms with E-state index in [1.807, 2.05) is 20.8 Å². The molecule has 0 saturated heterocycles. The number of anilines is 2. The summed E-state index contributed by atoms with van der Waals surface area (Å²) in [5.41, 5.74) is -0.344. The van der Waals surface area contributed by atoms with Crippen molar-refractivity contribution in [3.05, 3.63) is 24.7 Å². The Labute approximate surface area is 199 Å². The van der Waals surface area contributed by atoms with Crippen LogP contribution in [0.3, 0.4) is 0 Å². The maximum atomic E-state index is 11.7. The number of nitrogens with zero attached hydrogens (tertiary/aromatic N) is 4. The zero-order chi connectivity index (χ0) is 25.2. The van der Waals surface area contributed by atoms with Crippen molar-refractivity contribution in [1.29, 1.82) is 0 Å². The first kappa shape index (κ1) is 26.6. The summed E-state index contributed by atoms with van der Waals surface area (Å²) in [6, 6.07) is 3.59. The van der Waals surface area contributed by atoms with Gasteiger partial charge in [-0.05, 0) is 53.7 Å². The van der Waals surface area contributed by atoms with Crippen LogP contribution in [0.4, 0.5) is 21.4 Å². The highest BCUT2D eigenvalue weighted by Gasteiger charge is 2.16. The van der Waals surface area contributed by atoms with Gasteiger partial charge >= 0.3 is 12.2 Å². The van der Waals surface area contributed by atoms with Crippen LogP contribution in [0.2, 0.25) is 0 Å². The third-order valence-electron chi connectivity index (χ3n) is 3.77. The fourth-order valence-corrected chi connectivity index (χ4v) is 2.51. The van der Waals surface area contributed by atoms with E-state index in [0.29, 0.717) is 43.8 Å². The van der Waals surface area contributed by atoms with Gasteiger partial charge in [-0.1, -0.05) is 0 Å². The highest BCUT2D eigenvalue weighted by Crippen LogP contribution is 2.17. The molecule has 4 N–H and O–H groups in total. The van der Waals surface area contributed by atoms with Crippen LogP contribution in [-0.2, 0) is 9.47 Å². The predicted octanol–water partition coefficient (Wildman–Crippen LogP) is 2.81. The number of carbonyl (C=O) groups is 2. The zero-order valence-corrected chi connectivity index (χ0v) is 20.6. The molecule has 186 valence electrons. The molecule has 2 aromatic rings. The van der Waals surface area contributed by atoms with Crippen molar-refractivity contribution in [2.24, 2.45) is 0 Å². The molecule has 0 atom stereocenters. The number of hydrogen-bond acceptors (Lipinski definition) is 10. The maximum Gasteiger partial charge on any atom is 0.407 e. The van der Waals surface area contributed by atoms with Crippen molar-refractivity contribution in [1.82, 2.24) is 30.6 Å². The van der Waals surface area contributed by atoms with Crippen LogP contribution in [0.25, 0.3) is 11.4 Å². The largest absolute Gasteiger partial charge is 0.444 e. The minimum Gasteiger partial charge on any atom is -0.444 e. The molecular weight excluding hydrogens is 440 g/mol. The average Bonchev–Trinajstić information content (AvgIpc) is 2.72. The molecule has 0 unspecified atom stereocenters. The van der Waals surface area contributed by atoms with Crippen molar-refractivity contribution < 1.29 is 19.1 Å². The second-order valence-corrected chi connectivity index (χ2v) is 9.27. The smallest absolute Gasteiger partial charge is 0.407 e. The molecule has 2 amide bonds. The van der Waals surface area contributed by atoms with Gasteiger partial charge in [0.05, 0.1) is 0 Å². The van der Waals surface area contributed by atoms with E-state index >= 15 is 0 Å². The Morgan fingerprint density at radius 1 is 0.824 bits per heavy atom. The predicted molar refractivity (Wildman–Crippen MR) is 129 cm³/mol. The minimum absolute atomic E-state index is 0.344. The second kappa shape index (κ2) is 12.0. The van der Waals surface area contributed by atoms with Crippen LogP contribution < -0.4 is 21.3 Å². The first-order chi connectivity index (χ1) is 15.9. The number of ether oxygens (including phenoxy) is 2. The van der Waals surface area contributed by atoms with Gasteiger partial charge in [0.25, 0.3) is 0 Å². The lowest BCUT2D eigenvalue weighted by molar-refractivity contribution is 0.0518. The number of carbonyl (C=O) groups excluding carboxylic acids is 2. The number of rotatable bonds is 9. The fraction of sp³-hybridized carbons (Fsp3) is 0.545. The van der Waals surface area contributed by atoms with Crippen LogP contribution in [0, 0.1) is 0 Å². The van der Waals surface area contributed by atoms with Gasteiger partial charge in [-0.2, -0.15) is 4.98 Å². The fourth-order valence-electron chi connectivity index (χ4n) is 2.51. The van der Waals surface area contributed by atoms with Gasteiger partial charge in [0.15, 0.2) is 5.82 Å². The molecule has 2 heterocycles. The summed E-state index contributed by atoms with van der Waals surface area (Å²) in [5.74, 6) is 1.46. The molecule has 0 aliphatic carbocycles. The van der Waals surface area contributed by atoms with E-state index in [1.54, 1.807) is 39.1 Å². The topological polar surface area (TPSA) is 152 Å². The first-order valence-corrected chi connectivity index (χ1v) is 11.0. The van der Waals surface area contributed by atoms with E-state index in [2.05, 4.69) is 41.2 Å². The number of pyridine rings is 1. The lowest BCUT2D eigenvalue weighted by Crippen LogP contribution is -2.35. The van der Waals surface area contributed by atoms with E-state index in [-0.39, 0.29) is 0 Å². The molecular formula is C22H34N8O4. The maximum absolute atomic E-state index is 11.7. The Morgan fingerprint density at radius 2 is 1.41 bits per heavy atom. The Balaban J connectivity index is 1.83. The number of nitrogens with one attached hydrogen (secondary N) is 4. The second-order valence-electron chi connectivity index (χ2n) is 9.27. The Hall–Kier alpha value is -3.70. The van der Waals surface area contributed by atoms with E-state index < -0.39 is 23.4 Å². The average molecular weight is 475 g/mol. The highest BCUT2D eigenvalue weighted by atomic mass is 16.6.